The molecule has 0 spiro atoms. The van der Waals surface area contributed by atoms with Gasteiger partial charge in [0.15, 0.2) is 18.2 Å². The monoisotopic (exact) mass is 212 g/mol. The van der Waals surface area contributed by atoms with Gasteiger partial charge in [-0.15, -0.1) is 0 Å². The molecule has 5 heteroatoms. The summed E-state index contributed by atoms with van der Waals surface area (Å²) in [5, 5.41) is 0. The smallest absolute Gasteiger partial charge is 0.171 e. The second-order valence-corrected chi connectivity index (χ2v) is 3.80. The number of nitrogens with one attached hydrogen (secondary N) is 1. The second-order valence-electron chi connectivity index (χ2n) is 3.80. The van der Waals surface area contributed by atoms with E-state index in [0.717, 1.165) is 6.04 Å². The first kappa shape index (κ1) is 10.5. The molecule has 2 bridgehead atoms. The standard InChI is InChI=1S/C7H12N2O.2ClH/c8-6-5-3-9-2-1-4(10-5)7(6)9;;/h4-7H,1-3,8H2;2*1H. The van der Waals surface area contributed by atoms with Gasteiger partial charge in [0.25, 0.3) is 0 Å². The van der Waals surface area contributed by atoms with Crippen molar-refractivity contribution in [3.05, 3.63) is 0 Å². The summed E-state index contributed by atoms with van der Waals surface area (Å²) in [5.74, 6) is 0. The number of halogens is 2. The summed E-state index contributed by atoms with van der Waals surface area (Å²) in [4.78, 5) is 1.77. The lowest BCUT2D eigenvalue weighted by atomic mass is 10.1. The van der Waals surface area contributed by atoms with E-state index in [2.05, 4.69) is 5.73 Å². The Balaban J connectivity index is 0.000000360. The van der Waals surface area contributed by atoms with Gasteiger partial charge in [0.2, 0.25) is 0 Å². The fourth-order valence-electron chi connectivity index (χ4n) is 2.92. The van der Waals surface area contributed by atoms with Gasteiger partial charge >= 0.3 is 0 Å². The van der Waals surface area contributed by atoms with E-state index in [1.165, 1.54) is 19.5 Å². The second kappa shape index (κ2) is 3.31. The minimum atomic E-state index is 0. The molecule has 72 valence electrons. The molecule has 0 saturated carbocycles. The van der Waals surface area contributed by atoms with Crippen LogP contribution in [0, 0.1) is 0 Å². The van der Waals surface area contributed by atoms with Crippen LogP contribution in [0.3, 0.4) is 0 Å². The van der Waals surface area contributed by atoms with Crippen LogP contribution >= 0.6 is 0 Å². The number of rotatable bonds is 0. The molecule has 0 aromatic carbocycles. The zero-order chi connectivity index (χ0) is 6.72. The molecule has 0 amide bonds. The van der Waals surface area contributed by atoms with E-state index in [-0.39, 0.29) is 24.8 Å². The predicted octanol–water partition coefficient (Wildman–Crippen LogP) is -8.96. The fraction of sp³-hybridized carbons (Fsp3) is 1.00. The number of quaternary nitrogens is 2. The highest BCUT2D eigenvalue weighted by Gasteiger charge is 2.62. The third-order valence-electron chi connectivity index (χ3n) is 3.37. The van der Waals surface area contributed by atoms with Crippen molar-refractivity contribution in [1.82, 2.24) is 0 Å². The lowest BCUT2D eigenvalue weighted by Gasteiger charge is -2.16. The first-order valence-electron chi connectivity index (χ1n) is 4.19. The van der Waals surface area contributed by atoms with Gasteiger partial charge in [0, 0.05) is 6.42 Å². The van der Waals surface area contributed by atoms with Crippen LogP contribution in [0.4, 0.5) is 0 Å². The Bertz CT molecular complexity index is 164. The first-order chi connectivity index (χ1) is 4.86. The van der Waals surface area contributed by atoms with Crippen LogP contribution in [0.1, 0.15) is 6.42 Å². The van der Waals surface area contributed by atoms with Gasteiger partial charge in [-0.1, -0.05) is 0 Å². The molecule has 0 radical (unpaired) electrons. The molecule has 0 aromatic heterocycles. The molecule has 3 rings (SSSR count). The number of morpholine rings is 1. The normalized spacial score (nSPS) is 53.2. The van der Waals surface area contributed by atoms with Crippen molar-refractivity contribution in [3.63, 3.8) is 0 Å². The Morgan fingerprint density at radius 3 is 2.50 bits per heavy atom. The summed E-state index contributed by atoms with van der Waals surface area (Å²) in [6, 6.07) is 1.37. The molecule has 4 N–H and O–H groups in total. The summed E-state index contributed by atoms with van der Waals surface area (Å²) in [6.07, 6.45) is 2.37. The van der Waals surface area contributed by atoms with E-state index in [0.29, 0.717) is 18.2 Å². The summed E-state index contributed by atoms with van der Waals surface area (Å²) < 4.78 is 5.78. The summed E-state index contributed by atoms with van der Waals surface area (Å²) >= 11 is 0. The highest BCUT2D eigenvalue weighted by atomic mass is 35.5. The van der Waals surface area contributed by atoms with Crippen molar-refractivity contribution in [2.45, 2.75) is 30.7 Å². The minimum absolute atomic E-state index is 0. The lowest BCUT2D eigenvalue weighted by molar-refractivity contribution is -0.911. The first-order valence-corrected chi connectivity index (χ1v) is 4.19. The molecule has 0 aromatic rings. The van der Waals surface area contributed by atoms with Crippen molar-refractivity contribution in [2.24, 2.45) is 0 Å². The van der Waals surface area contributed by atoms with Crippen molar-refractivity contribution < 1.29 is 40.2 Å². The fourth-order valence-corrected chi connectivity index (χ4v) is 2.92. The van der Waals surface area contributed by atoms with Gasteiger partial charge in [-0.05, 0) is 0 Å². The third-order valence-corrected chi connectivity index (χ3v) is 3.37. The van der Waals surface area contributed by atoms with Crippen molar-refractivity contribution >= 4 is 0 Å². The third kappa shape index (κ3) is 1.08. The summed E-state index contributed by atoms with van der Waals surface area (Å²) in [6.45, 7) is 2.56. The average molecular weight is 213 g/mol. The van der Waals surface area contributed by atoms with Gasteiger partial charge in [0.05, 0.1) is 6.54 Å². The van der Waals surface area contributed by atoms with E-state index < -0.39 is 0 Å². The summed E-state index contributed by atoms with van der Waals surface area (Å²) in [7, 11) is 0. The van der Waals surface area contributed by atoms with Gasteiger partial charge in [-0.25, -0.2) is 0 Å². The van der Waals surface area contributed by atoms with Crippen molar-refractivity contribution in [3.8, 4) is 0 Å². The molecule has 0 aliphatic carbocycles. The maximum Gasteiger partial charge on any atom is 0.171 e. The van der Waals surface area contributed by atoms with E-state index in [1.807, 2.05) is 0 Å². The molecule has 5 atom stereocenters. The van der Waals surface area contributed by atoms with Crippen LogP contribution in [-0.4, -0.2) is 37.4 Å². The zero-order valence-corrected chi connectivity index (χ0v) is 8.31. The molecular formula is C7H14Cl2N2O. The highest BCUT2D eigenvalue weighted by Crippen LogP contribution is 2.26. The molecule has 3 saturated heterocycles. The maximum absolute atomic E-state index is 5.78. The predicted molar refractivity (Wildman–Crippen MR) is 34.4 cm³/mol. The van der Waals surface area contributed by atoms with Crippen LogP contribution in [0.15, 0.2) is 0 Å². The van der Waals surface area contributed by atoms with Gasteiger partial charge in [0.1, 0.15) is 12.6 Å². The molecule has 3 aliphatic heterocycles. The van der Waals surface area contributed by atoms with Gasteiger partial charge in [-0.2, -0.15) is 0 Å². The van der Waals surface area contributed by atoms with Gasteiger partial charge < -0.3 is 40.2 Å². The lowest BCUT2D eigenvalue weighted by Crippen LogP contribution is -3.14. The number of ether oxygens (including phenoxy) is 1. The van der Waals surface area contributed by atoms with E-state index in [9.17, 15) is 0 Å². The SMILES string of the molecule is [Cl-].[Cl-].[NH3+]C1C2C[NH+]3CCC(O2)C13. The van der Waals surface area contributed by atoms with Gasteiger partial charge in [-0.3, -0.25) is 0 Å². The molecule has 5 unspecified atom stereocenters. The van der Waals surface area contributed by atoms with Crippen LogP contribution in [-0.2, 0) is 4.74 Å². The number of hydrogen-bond acceptors (Lipinski definition) is 1. The molecule has 3 fully saturated rings. The summed E-state index contributed by atoms with van der Waals surface area (Å²) in [5.41, 5.74) is 4.16. The highest BCUT2D eigenvalue weighted by molar-refractivity contribution is 4.97. The maximum atomic E-state index is 5.78. The molecule has 3 heterocycles. The van der Waals surface area contributed by atoms with Crippen LogP contribution in [0.5, 0.6) is 0 Å². The average Bonchev–Trinajstić information content (AvgIpc) is 2.44. The molecule has 3 nitrogen and oxygen atoms in total. The quantitative estimate of drug-likeness (QED) is 0.412. The molecule has 12 heavy (non-hydrogen) atoms. The topological polar surface area (TPSA) is 41.3 Å². The van der Waals surface area contributed by atoms with E-state index in [4.69, 9.17) is 4.74 Å². The zero-order valence-electron chi connectivity index (χ0n) is 6.80. The van der Waals surface area contributed by atoms with Crippen molar-refractivity contribution in [2.75, 3.05) is 13.1 Å². The van der Waals surface area contributed by atoms with E-state index in [1.54, 1.807) is 4.90 Å². The molecule has 3 aliphatic rings. The number of hydrogen-bond donors (Lipinski definition) is 2. The Kier molecular flexibility index (Phi) is 2.91. The van der Waals surface area contributed by atoms with Crippen LogP contribution in [0.2, 0.25) is 0 Å². The largest absolute Gasteiger partial charge is 1.00 e. The number of fused-ring (bicyclic) bond motifs is 1. The van der Waals surface area contributed by atoms with Crippen molar-refractivity contribution in [1.29, 1.82) is 0 Å². The Morgan fingerprint density at radius 2 is 2.00 bits per heavy atom. The van der Waals surface area contributed by atoms with E-state index >= 15 is 0 Å². The van der Waals surface area contributed by atoms with Crippen LogP contribution < -0.4 is 35.4 Å². The van der Waals surface area contributed by atoms with Crippen LogP contribution in [0.25, 0.3) is 0 Å². The molecular weight excluding hydrogens is 199 g/mol. The Morgan fingerprint density at radius 1 is 1.25 bits per heavy atom. The minimum Gasteiger partial charge on any atom is -1.00 e. The Labute approximate surface area is 84.4 Å². The Hall–Kier alpha value is 0.460.